The fraction of sp³-hybridized carbons (Fsp3) is 0.300. The van der Waals surface area contributed by atoms with Crippen molar-refractivity contribution in [3.63, 3.8) is 0 Å². The van der Waals surface area contributed by atoms with Gasteiger partial charge in [0.15, 0.2) is 0 Å². The molecule has 2 nitrogen and oxygen atoms in total. The molecule has 0 amide bonds. The van der Waals surface area contributed by atoms with Crippen LogP contribution in [0.3, 0.4) is 0 Å². The molecule has 22 heavy (non-hydrogen) atoms. The molecule has 0 aromatic heterocycles. The van der Waals surface area contributed by atoms with E-state index >= 15 is 0 Å². The number of hydrogen-bond donors (Lipinski definition) is 0. The third-order valence-electron chi connectivity index (χ3n) is 3.86. The second kappa shape index (κ2) is 6.69. The molecule has 0 aliphatic rings. The molecule has 0 saturated carbocycles. The molecule has 0 atom stereocenters. The van der Waals surface area contributed by atoms with E-state index in [-0.39, 0.29) is 10.8 Å². The molecule has 0 spiro atoms. The van der Waals surface area contributed by atoms with Gasteiger partial charge in [0.1, 0.15) is 0 Å². The lowest BCUT2D eigenvalue weighted by atomic mass is 9.86. The Bertz CT molecular complexity index is 578. The van der Waals surface area contributed by atoms with Crippen LogP contribution in [0.1, 0.15) is 38.8 Å². The molecule has 2 heteroatoms. The lowest BCUT2D eigenvalue weighted by Crippen LogP contribution is -2.20. The summed E-state index contributed by atoms with van der Waals surface area (Å²) in [5.74, 6) is 0. The van der Waals surface area contributed by atoms with Crippen molar-refractivity contribution in [1.82, 2.24) is 0 Å². The largest absolute Gasteiger partial charge is 0.163 e. The third kappa shape index (κ3) is 4.14. The van der Waals surface area contributed by atoms with Gasteiger partial charge in [-0.05, 0) is 11.1 Å². The van der Waals surface area contributed by atoms with Crippen LogP contribution in [0.15, 0.2) is 70.9 Å². The fourth-order valence-corrected chi connectivity index (χ4v) is 2.24. The van der Waals surface area contributed by atoms with Crippen molar-refractivity contribution >= 4 is 12.4 Å². The maximum Gasteiger partial charge on any atom is 0.0370 e. The van der Waals surface area contributed by atoms with Crippen molar-refractivity contribution in [1.29, 1.82) is 0 Å². The minimum Gasteiger partial charge on any atom is -0.163 e. The molecule has 0 saturated heterocycles. The van der Waals surface area contributed by atoms with Gasteiger partial charge in [-0.3, -0.25) is 0 Å². The first-order chi connectivity index (χ1) is 10.4. The first-order valence-corrected chi connectivity index (χ1v) is 7.62. The molecule has 0 heterocycles. The second-order valence-electron chi connectivity index (χ2n) is 6.66. The summed E-state index contributed by atoms with van der Waals surface area (Å²) in [4.78, 5) is 0. The highest BCUT2D eigenvalue weighted by molar-refractivity contribution is 5.75. The zero-order valence-electron chi connectivity index (χ0n) is 13.8. The van der Waals surface area contributed by atoms with Gasteiger partial charge in [0.25, 0.3) is 0 Å². The molecule has 0 N–H and O–H groups in total. The van der Waals surface area contributed by atoms with Crippen LogP contribution in [0.25, 0.3) is 0 Å². The summed E-state index contributed by atoms with van der Waals surface area (Å²) in [5, 5.41) is 8.55. The van der Waals surface area contributed by atoms with Crippen LogP contribution in [-0.4, -0.2) is 12.4 Å². The predicted molar refractivity (Wildman–Crippen MR) is 95.9 cm³/mol. The van der Waals surface area contributed by atoms with Crippen molar-refractivity contribution < 1.29 is 0 Å². The number of benzene rings is 2. The maximum atomic E-state index is 4.27. The van der Waals surface area contributed by atoms with Gasteiger partial charge in [-0.2, -0.15) is 10.2 Å². The molecular weight excluding hydrogens is 268 g/mol. The van der Waals surface area contributed by atoms with E-state index in [0.29, 0.717) is 0 Å². The number of hydrogen-bond acceptors (Lipinski definition) is 2. The van der Waals surface area contributed by atoms with Gasteiger partial charge in [-0.15, -0.1) is 0 Å². The molecule has 0 fully saturated rings. The summed E-state index contributed by atoms with van der Waals surface area (Å²) in [6.07, 6.45) is 3.81. The van der Waals surface area contributed by atoms with E-state index in [1.165, 1.54) is 11.1 Å². The lowest BCUT2D eigenvalue weighted by molar-refractivity contribution is 0.723. The highest BCUT2D eigenvalue weighted by Crippen LogP contribution is 2.22. The molecule has 114 valence electrons. The number of rotatable bonds is 5. The Hall–Kier alpha value is -2.22. The lowest BCUT2D eigenvalue weighted by Gasteiger charge is -2.20. The Kier molecular flexibility index (Phi) is 4.92. The molecule has 0 radical (unpaired) electrons. The van der Waals surface area contributed by atoms with E-state index < -0.39 is 0 Å². The smallest absolute Gasteiger partial charge is 0.0370 e. The van der Waals surface area contributed by atoms with Gasteiger partial charge in [0.2, 0.25) is 0 Å². The van der Waals surface area contributed by atoms with Crippen molar-refractivity contribution in [2.24, 2.45) is 10.2 Å². The number of nitrogens with zero attached hydrogens (tertiary/aromatic N) is 2. The standard InChI is InChI=1S/C20H24N2/c1-19(2,17-11-7-5-8-12-17)15-21-22-16-20(3,4)18-13-9-6-10-14-18/h5-16H,1-4H3/b21-15+,22-16+. The van der Waals surface area contributed by atoms with Crippen LogP contribution in [0.5, 0.6) is 0 Å². The van der Waals surface area contributed by atoms with E-state index in [0.717, 1.165) is 0 Å². The Balaban J connectivity index is 2.08. The Morgan fingerprint density at radius 3 is 1.23 bits per heavy atom. The normalized spacial score (nSPS) is 13.1. The topological polar surface area (TPSA) is 24.7 Å². The third-order valence-corrected chi connectivity index (χ3v) is 3.86. The average Bonchev–Trinajstić information content (AvgIpc) is 2.53. The molecule has 0 unspecified atom stereocenters. The van der Waals surface area contributed by atoms with Crippen molar-refractivity contribution in [3.05, 3.63) is 71.8 Å². The van der Waals surface area contributed by atoms with E-state index in [2.05, 4.69) is 62.2 Å². The second-order valence-corrected chi connectivity index (χ2v) is 6.66. The molecule has 2 aromatic rings. The van der Waals surface area contributed by atoms with Gasteiger partial charge < -0.3 is 0 Å². The molecule has 2 rings (SSSR count). The van der Waals surface area contributed by atoms with Crippen LogP contribution in [0.4, 0.5) is 0 Å². The SMILES string of the molecule is CC(C)(/C=N/N=C/C(C)(C)c1ccccc1)c1ccccc1. The first-order valence-electron chi connectivity index (χ1n) is 7.62. The zero-order valence-corrected chi connectivity index (χ0v) is 13.8. The van der Waals surface area contributed by atoms with E-state index in [1.807, 2.05) is 48.8 Å². The average molecular weight is 292 g/mol. The summed E-state index contributed by atoms with van der Waals surface area (Å²) in [6, 6.07) is 20.7. The molecule has 2 aromatic carbocycles. The van der Waals surface area contributed by atoms with E-state index in [9.17, 15) is 0 Å². The predicted octanol–water partition coefficient (Wildman–Crippen LogP) is 5.00. The van der Waals surface area contributed by atoms with Crippen molar-refractivity contribution in [2.45, 2.75) is 38.5 Å². The Morgan fingerprint density at radius 2 is 0.909 bits per heavy atom. The van der Waals surface area contributed by atoms with Gasteiger partial charge >= 0.3 is 0 Å². The molecule has 0 bridgehead atoms. The van der Waals surface area contributed by atoms with Gasteiger partial charge in [-0.25, -0.2) is 0 Å². The highest BCUT2D eigenvalue weighted by Gasteiger charge is 2.18. The highest BCUT2D eigenvalue weighted by atomic mass is 15.2. The van der Waals surface area contributed by atoms with Crippen LogP contribution in [-0.2, 0) is 10.8 Å². The zero-order chi connectivity index (χ0) is 16.1. The summed E-state index contributed by atoms with van der Waals surface area (Å²) in [7, 11) is 0. The van der Waals surface area contributed by atoms with Gasteiger partial charge in [0, 0.05) is 23.3 Å². The van der Waals surface area contributed by atoms with Crippen LogP contribution < -0.4 is 0 Å². The summed E-state index contributed by atoms with van der Waals surface area (Å²) >= 11 is 0. The molecular formula is C20H24N2. The van der Waals surface area contributed by atoms with Crippen molar-refractivity contribution in [2.75, 3.05) is 0 Å². The monoisotopic (exact) mass is 292 g/mol. The van der Waals surface area contributed by atoms with Crippen LogP contribution in [0.2, 0.25) is 0 Å². The van der Waals surface area contributed by atoms with Crippen LogP contribution >= 0.6 is 0 Å². The minimum absolute atomic E-state index is 0.129. The van der Waals surface area contributed by atoms with Crippen molar-refractivity contribution in [3.8, 4) is 0 Å². The quantitative estimate of drug-likeness (QED) is 0.547. The summed E-state index contributed by atoms with van der Waals surface area (Å²) in [5.41, 5.74) is 2.21. The van der Waals surface area contributed by atoms with E-state index in [4.69, 9.17) is 0 Å². The molecule has 0 aliphatic carbocycles. The maximum absolute atomic E-state index is 4.27. The Labute approximate surface area is 133 Å². The van der Waals surface area contributed by atoms with Gasteiger partial charge in [-0.1, -0.05) is 88.4 Å². The summed E-state index contributed by atoms with van der Waals surface area (Å²) in [6.45, 7) is 8.57. The minimum atomic E-state index is -0.129. The van der Waals surface area contributed by atoms with Crippen LogP contribution in [0, 0.1) is 0 Å². The first kappa shape index (κ1) is 16.2. The van der Waals surface area contributed by atoms with Gasteiger partial charge in [0.05, 0.1) is 0 Å². The molecule has 0 aliphatic heterocycles. The van der Waals surface area contributed by atoms with E-state index in [1.54, 1.807) is 0 Å². The fourth-order valence-electron chi connectivity index (χ4n) is 2.24. The summed E-state index contributed by atoms with van der Waals surface area (Å²) < 4.78 is 0. The Morgan fingerprint density at radius 1 is 0.591 bits per heavy atom.